The van der Waals surface area contributed by atoms with Crippen LogP contribution in [0.25, 0.3) is 0 Å². The van der Waals surface area contributed by atoms with Crippen molar-refractivity contribution in [2.75, 3.05) is 6.61 Å². The van der Waals surface area contributed by atoms with E-state index >= 15 is 0 Å². The van der Waals surface area contributed by atoms with Crippen molar-refractivity contribution in [3.8, 4) is 0 Å². The second kappa shape index (κ2) is 3.51. The molecule has 0 aromatic carbocycles. The number of aliphatic hydroxyl groups is 1. The molecule has 1 fully saturated rings. The zero-order valence-electron chi connectivity index (χ0n) is 7.82. The van der Waals surface area contributed by atoms with Crippen molar-refractivity contribution in [2.45, 2.75) is 38.1 Å². The van der Waals surface area contributed by atoms with Gasteiger partial charge in [0.05, 0.1) is 12.2 Å². The highest BCUT2D eigenvalue weighted by Crippen LogP contribution is 2.26. The third kappa shape index (κ3) is 2.86. The monoisotopic (exact) mass is 189 g/mol. The summed E-state index contributed by atoms with van der Waals surface area (Å²) >= 11 is 0. The molecule has 13 heavy (non-hydrogen) atoms. The van der Waals surface area contributed by atoms with Crippen molar-refractivity contribution >= 4 is 6.09 Å². The Morgan fingerprint density at radius 2 is 2.31 bits per heavy atom. The van der Waals surface area contributed by atoms with E-state index in [1.807, 2.05) is 13.8 Å². The normalized spacial score (nSPS) is 32.5. The first-order valence-corrected chi connectivity index (χ1v) is 4.19. The first-order valence-electron chi connectivity index (χ1n) is 4.19. The van der Waals surface area contributed by atoms with Gasteiger partial charge in [-0.25, -0.2) is 4.79 Å². The number of carbonyl (C=O) groups excluding carboxylic acids is 1. The van der Waals surface area contributed by atoms with Gasteiger partial charge in [-0.1, -0.05) is 0 Å². The summed E-state index contributed by atoms with van der Waals surface area (Å²) in [6.07, 6.45) is -1.74. The number of hydrogen-bond acceptors (Lipinski definition) is 4. The molecule has 5 heteroatoms. The minimum atomic E-state index is -0.859. The average molecular weight is 189 g/mol. The molecule has 3 N–H and O–H groups in total. The summed E-state index contributed by atoms with van der Waals surface area (Å²) in [4.78, 5) is 10.5. The Balaban J connectivity index is 2.55. The Hall–Kier alpha value is -0.810. The van der Waals surface area contributed by atoms with E-state index in [-0.39, 0.29) is 12.2 Å². The molecule has 0 radical (unpaired) electrons. The summed E-state index contributed by atoms with van der Waals surface area (Å²) in [5.74, 6) is 0. The van der Waals surface area contributed by atoms with Gasteiger partial charge in [-0.3, -0.25) is 0 Å². The summed E-state index contributed by atoms with van der Waals surface area (Å²) in [7, 11) is 0. The van der Waals surface area contributed by atoms with Crippen LogP contribution >= 0.6 is 0 Å². The molecule has 0 aliphatic carbocycles. The van der Waals surface area contributed by atoms with E-state index < -0.39 is 18.3 Å². The van der Waals surface area contributed by atoms with Crippen molar-refractivity contribution in [1.29, 1.82) is 0 Å². The van der Waals surface area contributed by atoms with E-state index in [1.165, 1.54) is 0 Å². The molecule has 0 aromatic heterocycles. The van der Waals surface area contributed by atoms with E-state index in [9.17, 15) is 9.90 Å². The van der Waals surface area contributed by atoms with E-state index in [2.05, 4.69) is 0 Å². The summed E-state index contributed by atoms with van der Waals surface area (Å²) in [6, 6.07) is 0. The number of hydrogen-bond donors (Lipinski definition) is 2. The molecule has 76 valence electrons. The third-order valence-corrected chi connectivity index (χ3v) is 2.03. The Kier molecular flexibility index (Phi) is 2.77. The van der Waals surface area contributed by atoms with Gasteiger partial charge in [-0.2, -0.15) is 0 Å². The highest BCUT2D eigenvalue weighted by molar-refractivity contribution is 5.64. The Bertz CT molecular complexity index is 204. The fourth-order valence-corrected chi connectivity index (χ4v) is 1.37. The van der Waals surface area contributed by atoms with Gasteiger partial charge in [-0.05, 0) is 13.8 Å². The minimum absolute atomic E-state index is 0.172. The maximum Gasteiger partial charge on any atom is 0.404 e. The summed E-state index contributed by atoms with van der Waals surface area (Å²) in [5, 5.41) is 9.39. The molecule has 1 rings (SSSR count). The molecule has 1 amide bonds. The lowest BCUT2D eigenvalue weighted by Crippen LogP contribution is -2.48. The highest BCUT2D eigenvalue weighted by Gasteiger charge is 2.36. The van der Waals surface area contributed by atoms with E-state index in [0.717, 1.165) is 0 Å². The van der Waals surface area contributed by atoms with Crippen LogP contribution in [-0.2, 0) is 9.47 Å². The maximum atomic E-state index is 10.5. The van der Waals surface area contributed by atoms with Crippen molar-refractivity contribution in [3.63, 3.8) is 0 Å². The molecule has 1 heterocycles. The van der Waals surface area contributed by atoms with Gasteiger partial charge in [0.25, 0.3) is 0 Å². The quantitative estimate of drug-likeness (QED) is 0.608. The highest BCUT2D eigenvalue weighted by atomic mass is 16.6. The van der Waals surface area contributed by atoms with Crippen LogP contribution in [0.5, 0.6) is 0 Å². The Morgan fingerprint density at radius 3 is 2.85 bits per heavy atom. The zero-order chi connectivity index (χ0) is 10.1. The molecule has 5 nitrogen and oxygen atoms in total. The smallest absolute Gasteiger partial charge is 0.404 e. The maximum absolute atomic E-state index is 10.5. The van der Waals surface area contributed by atoms with Gasteiger partial charge in [-0.15, -0.1) is 0 Å². The fraction of sp³-hybridized carbons (Fsp3) is 0.875. The van der Waals surface area contributed by atoms with E-state index in [4.69, 9.17) is 15.2 Å². The molecule has 2 atom stereocenters. The average Bonchev–Trinajstić information content (AvgIpc) is 1.95. The summed E-state index contributed by atoms with van der Waals surface area (Å²) in [5.41, 5.74) is 4.49. The van der Waals surface area contributed by atoms with Crippen molar-refractivity contribution < 1.29 is 19.4 Å². The van der Waals surface area contributed by atoms with Crippen LogP contribution < -0.4 is 5.73 Å². The second-order valence-corrected chi connectivity index (χ2v) is 3.82. The van der Waals surface area contributed by atoms with Crippen LogP contribution in [0.4, 0.5) is 4.79 Å². The SMILES string of the molecule is CC1(C)CC(OC(N)=O)C(O)CO1. The van der Waals surface area contributed by atoms with Crippen LogP contribution in [0, 0.1) is 0 Å². The second-order valence-electron chi connectivity index (χ2n) is 3.82. The van der Waals surface area contributed by atoms with Crippen LogP contribution in [0.2, 0.25) is 0 Å². The van der Waals surface area contributed by atoms with Crippen molar-refractivity contribution in [2.24, 2.45) is 5.73 Å². The summed E-state index contributed by atoms with van der Waals surface area (Å²) < 4.78 is 10.1. The van der Waals surface area contributed by atoms with Gasteiger partial charge in [0.2, 0.25) is 0 Å². The molecular weight excluding hydrogens is 174 g/mol. The predicted molar refractivity (Wildman–Crippen MR) is 45.1 cm³/mol. The lowest BCUT2D eigenvalue weighted by atomic mass is 9.94. The molecule has 2 unspecified atom stereocenters. The number of rotatable bonds is 1. The molecular formula is C8H15NO4. The molecule has 0 spiro atoms. The predicted octanol–water partition coefficient (Wildman–Crippen LogP) is 0.0101. The fourth-order valence-electron chi connectivity index (χ4n) is 1.37. The standard InChI is InChI=1S/C8H15NO4/c1-8(2)3-6(13-7(9)11)5(10)4-12-8/h5-6,10H,3-4H2,1-2H3,(H2,9,11). The van der Waals surface area contributed by atoms with Gasteiger partial charge in [0.15, 0.2) is 0 Å². The van der Waals surface area contributed by atoms with Gasteiger partial charge >= 0.3 is 6.09 Å². The van der Waals surface area contributed by atoms with Crippen LogP contribution in [0.1, 0.15) is 20.3 Å². The first kappa shape index (κ1) is 10.3. The zero-order valence-corrected chi connectivity index (χ0v) is 7.82. The number of primary amides is 1. The van der Waals surface area contributed by atoms with Crippen molar-refractivity contribution in [3.05, 3.63) is 0 Å². The number of carbonyl (C=O) groups is 1. The van der Waals surface area contributed by atoms with Crippen LogP contribution in [-0.4, -0.2) is 35.6 Å². The van der Waals surface area contributed by atoms with E-state index in [1.54, 1.807) is 0 Å². The van der Waals surface area contributed by atoms with Gasteiger partial charge < -0.3 is 20.3 Å². The van der Waals surface area contributed by atoms with Crippen molar-refractivity contribution in [1.82, 2.24) is 0 Å². The largest absolute Gasteiger partial charge is 0.443 e. The molecule has 1 aliphatic rings. The van der Waals surface area contributed by atoms with Gasteiger partial charge in [0, 0.05) is 6.42 Å². The molecule has 1 saturated heterocycles. The lowest BCUT2D eigenvalue weighted by Gasteiger charge is -2.37. The third-order valence-electron chi connectivity index (χ3n) is 2.03. The number of ether oxygens (including phenoxy) is 2. The topological polar surface area (TPSA) is 81.8 Å². The van der Waals surface area contributed by atoms with E-state index in [0.29, 0.717) is 6.42 Å². The molecule has 0 aromatic rings. The van der Waals surface area contributed by atoms with Crippen LogP contribution in [0.15, 0.2) is 0 Å². The molecule has 0 bridgehead atoms. The molecule has 1 aliphatic heterocycles. The lowest BCUT2D eigenvalue weighted by molar-refractivity contribution is -0.156. The number of aliphatic hydroxyl groups excluding tert-OH is 1. The molecule has 0 saturated carbocycles. The number of amides is 1. The van der Waals surface area contributed by atoms with Crippen LogP contribution in [0.3, 0.4) is 0 Å². The Morgan fingerprint density at radius 1 is 1.69 bits per heavy atom. The first-order chi connectivity index (χ1) is 5.91. The van der Waals surface area contributed by atoms with Gasteiger partial charge in [0.1, 0.15) is 12.2 Å². The number of nitrogens with two attached hydrogens (primary N) is 1. The minimum Gasteiger partial charge on any atom is -0.443 e. The summed E-state index contributed by atoms with van der Waals surface area (Å²) in [6.45, 7) is 3.91. The Labute approximate surface area is 76.8 Å².